The molecule has 2 nitrogen and oxygen atoms in total. The fourth-order valence-corrected chi connectivity index (χ4v) is 14.8. The second-order valence-electron chi connectivity index (χ2n) is 13.3. The van der Waals surface area contributed by atoms with Crippen LogP contribution >= 0.6 is 22.7 Å². The Labute approximate surface area is 313 Å². The van der Waals surface area contributed by atoms with E-state index in [1.54, 1.807) is 0 Å². The number of halogens is 2. The molecule has 0 radical (unpaired) electrons. The van der Waals surface area contributed by atoms with Crippen LogP contribution in [-0.2, 0) is 0 Å². The molecule has 0 fully saturated rings. The molecule has 0 saturated carbocycles. The molecule has 0 saturated heterocycles. The molecule has 0 aliphatic rings. The van der Waals surface area contributed by atoms with Crippen LogP contribution < -0.4 is 0 Å². The van der Waals surface area contributed by atoms with Gasteiger partial charge in [-0.05, 0) is 0 Å². The molecule has 8 heteroatoms. The summed E-state index contributed by atoms with van der Waals surface area (Å²) in [5.74, 6) is -0.477. The molecule has 6 aromatic heterocycles. The standard InChI is InChI=1S/C44H20F2N2S2Se2/c45-39-29-11-23-7-3-1-5-21(23)9-27(29)19-47-41(39)37-15-25-13-33-31(17-35(25)51-37)43-44(49-33)32-18-36-26(14-34(32)50-43)16-38(52-36)42-40(46)30-12-24-8-4-2-6-22(24)10-28(30)20-48-42/h1-20H. The molecule has 6 aromatic carbocycles. The van der Waals surface area contributed by atoms with Gasteiger partial charge in [-0.25, -0.2) is 0 Å². The number of aromatic nitrogens is 2. The average Bonchev–Trinajstić information content (AvgIpc) is 3.93. The van der Waals surface area contributed by atoms with Crippen LogP contribution in [0.25, 0.3) is 112 Å². The number of nitrogens with zero attached hydrogens (tertiary/aromatic N) is 2. The van der Waals surface area contributed by atoms with Crippen LogP contribution in [0.5, 0.6) is 0 Å². The van der Waals surface area contributed by atoms with E-state index in [0.717, 1.165) is 52.0 Å². The summed E-state index contributed by atoms with van der Waals surface area (Å²) in [6, 6.07) is 37.6. The zero-order valence-corrected chi connectivity index (χ0v) is 31.9. The van der Waals surface area contributed by atoms with Gasteiger partial charge in [0.15, 0.2) is 0 Å². The number of thiophene rings is 2. The van der Waals surface area contributed by atoms with Gasteiger partial charge in [-0.15, -0.1) is 0 Å². The normalized spacial score (nSPS) is 12.4. The first kappa shape index (κ1) is 29.8. The van der Waals surface area contributed by atoms with Crippen LogP contribution in [0, 0.1) is 11.6 Å². The zero-order valence-electron chi connectivity index (χ0n) is 26.8. The Balaban J connectivity index is 0.953. The van der Waals surface area contributed by atoms with Gasteiger partial charge < -0.3 is 0 Å². The van der Waals surface area contributed by atoms with Crippen molar-refractivity contribution in [3.8, 4) is 20.3 Å². The molecular weight excluding hydrogens is 817 g/mol. The quantitative estimate of drug-likeness (QED) is 0.128. The van der Waals surface area contributed by atoms with Gasteiger partial charge in [-0.2, -0.15) is 0 Å². The summed E-state index contributed by atoms with van der Waals surface area (Å²) in [7, 11) is 0. The van der Waals surface area contributed by atoms with Crippen molar-refractivity contribution in [1.29, 1.82) is 0 Å². The van der Waals surface area contributed by atoms with Gasteiger partial charge in [0, 0.05) is 0 Å². The van der Waals surface area contributed by atoms with Crippen molar-refractivity contribution in [2.75, 3.05) is 0 Å². The Morgan fingerprint density at radius 2 is 0.846 bits per heavy atom. The zero-order chi connectivity index (χ0) is 34.2. The van der Waals surface area contributed by atoms with E-state index in [-0.39, 0.29) is 40.6 Å². The molecule has 12 rings (SSSR count). The Morgan fingerprint density at radius 1 is 0.423 bits per heavy atom. The van der Waals surface area contributed by atoms with Crippen LogP contribution in [0.2, 0.25) is 0 Å². The Bertz CT molecular complexity index is 3290. The number of fused-ring (bicyclic) bond motifs is 11. The molecular formula is C44H20F2N2S2Se2. The Morgan fingerprint density at radius 3 is 1.29 bits per heavy atom. The number of hydrogen-bond donors (Lipinski definition) is 0. The van der Waals surface area contributed by atoms with E-state index in [0.29, 0.717) is 22.2 Å². The second-order valence-corrected chi connectivity index (χ2v) is 19.9. The third kappa shape index (κ3) is 4.31. The van der Waals surface area contributed by atoms with Gasteiger partial charge in [0.2, 0.25) is 0 Å². The molecule has 0 bridgehead atoms. The SMILES string of the molecule is Fc1c(-c2cc3cc4sc5c6cc7[se]c(-c8ncc9cc%10ccccc%10cc9c8F)cc7cc6sc5c4cc3[se]2)ncc2cc3ccccc3cc12. The van der Waals surface area contributed by atoms with Crippen molar-refractivity contribution in [3.63, 3.8) is 0 Å². The van der Waals surface area contributed by atoms with E-state index in [2.05, 4.69) is 46.4 Å². The van der Waals surface area contributed by atoms with Gasteiger partial charge in [0.25, 0.3) is 0 Å². The monoisotopic (exact) mass is 838 g/mol. The van der Waals surface area contributed by atoms with Gasteiger partial charge >= 0.3 is 316 Å². The van der Waals surface area contributed by atoms with Crippen molar-refractivity contribution in [2.45, 2.75) is 0 Å². The topological polar surface area (TPSA) is 25.8 Å². The average molecular weight is 837 g/mol. The van der Waals surface area contributed by atoms with E-state index in [4.69, 9.17) is 0 Å². The van der Waals surface area contributed by atoms with Crippen LogP contribution in [0.3, 0.4) is 0 Å². The third-order valence-electron chi connectivity index (χ3n) is 10.2. The maximum absolute atomic E-state index is 16.1. The number of rotatable bonds is 2. The summed E-state index contributed by atoms with van der Waals surface area (Å²) in [5.41, 5.74) is 0.927. The van der Waals surface area contributed by atoms with Gasteiger partial charge in [-0.3, -0.25) is 0 Å². The number of hydrogen-bond acceptors (Lipinski definition) is 4. The van der Waals surface area contributed by atoms with Gasteiger partial charge in [-0.1, -0.05) is 0 Å². The van der Waals surface area contributed by atoms with E-state index in [1.807, 2.05) is 108 Å². The maximum atomic E-state index is 16.1. The van der Waals surface area contributed by atoms with Crippen molar-refractivity contribution >= 4 is 144 Å². The fraction of sp³-hybridized carbons (Fsp3) is 0. The summed E-state index contributed by atoms with van der Waals surface area (Å²) in [4.78, 5) is 9.29. The van der Waals surface area contributed by atoms with E-state index >= 15 is 8.78 Å². The van der Waals surface area contributed by atoms with E-state index in [1.165, 1.54) is 38.1 Å². The van der Waals surface area contributed by atoms with Crippen molar-refractivity contribution in [3.05, 3.63) is 133 Å². The van der Waals surface area contributed by atoms with Crippen molar-refractivity contribution in [2.24, 2.45) is 0 Å². The molecule has 0 spiro atoms. The minimum atomic E-state index is -0.238. The van der Waals surface area contributed by atoms with Crippen molar-refractivity contribution < 1.29 is 8.78 Å². The Hall–Kier alpha value is -4.78. The number of pyridine rings is 2. The summed E-state index contributed by atoms with van der Waals surface area (Å²) in [5, 5.41) is 12.0. The van der Waals surface area contributed by atoms with E-state index < -0.39 is 0 Å². The Kier molecular flexibility index (Phi) is 6.22. The van der Waals surface area contributed by atoms with Gasteiger partial charge in [0.1, 0.15) is 0 Å². The van der Waals surface area contributed by atoms with Gasteiger partial charge in [0.05, 0.1) is 0 Å². The van der Waals surface area contributed by atoms with Crippen LogP contribution in [-0.4, -0.2) is 39.0 Å². The first-order valence-electron chi connectivity index (χ1n) is 16.7. The second kappa shape index (κ2) is 10.9. The first-order chi connectivity index (χ1) is 25.5. The first-order valence-corrected chi connectivity index (χ1v) is 21.8. The summed E-state index contributed by atoms with van der Waals surface area (Å²) in [6.07, 6.45) is 3.62. The molecule has 12 aromatic rings. The molecule has 52 heavy (non-hydrogen) atoms. The summed E-state index contributed by atoms with van der Waals surface area (Å²) >= 11 is 3.54. The molecule has 0 N–H and O–H groups in total. The number of benzene rings is 6. The van der Waals surface area contributed by atoms with Crippen LogP contribution in [0.4, 0.5) is 8.78 Å². The molecule has 0 atom stereocenters. The van der Waals surface area contributed by atoms with Crippen molar-refractivity contribution in [1.82, 2.24) is 9.97 Å². The third-order valence-corrected chi connectivity index (χ3v) is 17.3. The van der Waals surface area contributed by atoms with Crippen LogP contribution in [0.15, 0.2) is 122 Å². The molecule has 0 aliphatic heterocycles. The summed E-state index contributed by atoms with van der Waals surface area (Å²) < 4.78 is 41.7. The summed E-state index contributed by atoms with van der Waals surface area (Å²) in [6.45, 7) is 0. The predicted octanol–water partition coefficient (Wildman–Crippen LogP) is 12.7. The van der Waals surface area contributed by atoms with E-state index in [9.17, 15) is 0 Å². The predicted molar refractivity (Wildman–Crippen MR) is 220 cm³/mol. The molecule has 6 heterocycles. The van der Waals surface area contributed by atoms with Crippen LogP contribution in [0.1, 0.15) is 0 Å². The molecule has 244 valence electrons. The molecule has 0 amide bonds. The fourth-order valence-electron chi connectivity index (χ4n) is 7.65. The molecule has 0 aliphatic carbocycles. The minimum absolute atomic E-state index is 0.0586. The molecule has 0 unspecified atom stereocenters.